The highest BCUT2D eigenvalue weighted by atomic mass is 19.1. The summed E-state index contributed by atoms with van der Waals surface area (Å²) in [5, 5.41) is 3.08. The molecule has 5 nitrogen and oxygen atoms in total. The van der Waals surface area contributed by atoms with E-state index in [2.05, 4.69) is 24.1 Å². The fraction of sp³-hybridized carbons (Fsp3) is 0.548. The third-order valence-corrected chi connectivity index (χ3v) is 7.20. The van der Waals surface area contributed by atoms with Crippen LogP contribution in [0.15, 0.2) is 42.5 Å². The summed E-state index contributed by atoms with van der Waals surface area (Å²) in [6, 6.07) is 12.2. The molecular weight excluding hydrogens is 465 g/mol. The Hall–Kier alpha value is -2.73. The number of carbonyl (C=O) groups excluding carboxylic acids is 2. The van der Waals surface area contributed by atoms with Gasteiger partial charge in [0.05, 0.1) is 0 Å². The van der Waals surface area contributed by atoms with Crippen LogP contribution in [0.3, 0.4) is 0 Å². The zero-order valence-corrected chi connectivity index (χ0v) is 23.3. The van der Waals surface area contributed by atoms with E-state index in [4.69, 9.17) is 0 Å². The lowest BCUT2D eigenvalue weighted by Gasteiger charge is -2.30. The van der Waals surface area contributed by atoms with Gasteiger partial charge in [0.15, 0.2) is 0 Å². The first-order chi connectivity index (χ1) is 17.6. The van der Waals surface area contributed by atoms with E-state index in [1.807, 2.05) is 36.9 Å². The smallest absolute Gasteiger partial charge is 0.251 e. The molecule has 0 aromatic heterocycles. The molecule has 1 heterocycles. The Bertz CT molecular complexity index is 1050. The molecule has 2 aromatic carbocycles. The quantitative estimate of drug-likeness (QED) is 0.497. The van der Waals surface area contributed by atoms with Crippen molar-refractivity contribution in [3.63, 3.8) is 0 Å². The molecule has 1 aliphatic heterocycles. The maximum Gasteiger partial charge on any atom is 0.251 e. The van der Waals surface area contributed by atoms with Gasteiger partial charge in [-0.25, -0.2) is 4.39 Å². The molecule has 0 aliphatic carbocycles. The lowest BCUT2D eigenvalue weighted by molar-refractivity contribution is -0.116. The van der Waals surface area contributed by atoms with Crippen LogP contribution in [-0.4, -0.2) is 42.9 Å². The Morgan fingerprint density at radius 2 is 1.62 bits per heavy atom. The molecule has 1 aliphatic rings. The van der Waals surface area contributed by atoms with Crippen LogP contribution in [0.1, 0.15) is 88.2 Å². The van der Waals surface area contributed by atoms with E-state index >= 15 is 0 Å². The molecule has 0 unspecified atom stereocenters. The predicted octanol–water partition coefficient (Wildman–Crippen LogP) is 6.31. The first-order valence-corrected chi connectivity index (χ1v) is 13.7. The number of carbonyl (C=O) groups is 2. The third-order valence-electron chi connectivity index (χ3n) is 7.20. The summed E-state index contributed by atoms with van der Waals surface area (Å²) < 4.78 is 13.4. The van der Waals surface area contributed by atoms with Crippen LogP contribution in [0, 0.1) is 11.7 Å². The van der Waals surface area contributed by atoms with Crippen LogP contribution in [0.2, 0.25) is 0 Å². The number of hydrogen-bond donors (Lipinski definition) is 1. The predicted molar refractivity (Wildman–Crippen MR) is 149 cm³/mol. The fourth-order valence-corrected chi connectivity index (χ4v) is 5.10. The van der Waals surface area contributed by atoms with E-state index in [0.29, 0.717) is 31.1 Å². The summed E-state index contributed by atoms with van der Waals surface area (Å²) in [6.45, 7) is 14.0. The van der Waals surface area contributed by atoms with Crippen LogP contribution < -0.4 is 10.2 Å². The number of fused-ring (bicyclic) bond motifs is 1. The second-order valence-corrected chi connectivity index (χ2v) is 11.5. The molecule has 0 spiro atoms. The van der Waals surface area contributed by atoms with Gasteiger partial charge in [-0.1, -0.05) is 59.1 Å². The zero-order chi connectivity index (χ0) is 27.0. The van der Waals surface area contributed by atoms with Crippen molar-refractivity contribution in [2.24, 2.45) is 5.92 Å². The molecular formula is C31H44FN3O2. The van der Waals surface area contributed by atoms with E-state index < -0.39 is 0 Å². The van der Waals surface area contributed by atoms with Gasteiger partial charge < -0.3 is 10.2 Å². The molecule has 0 radical (unpaired) electrons. The van der Waals surface area contributed by atoms with Crippen molar-refractivity contribution in [3.8, 4) is 0 Å². The number of anilines is 1. The fourth-order valence-electron chi connectivity index (χ4n) is 5.10. The van der Waals surface area contributed by atoms with Gasteiger partial charge in [0.2, 0.25) is 5.91 Å². The number of rotatable bonds is 6. The number of nitrogens with one attached hydrogen (secondary N) is 1. The van der Waals surface area contributed by atoms with Gasteiger partial charge in [-0.2, -0.15) is 0 Å². The van der Waals surface area contributed by atoms with Crippen molar-refractivity contribution in [2.75, 3.05) is 31.1 Å². The van der Waals surface area contributed by atoms with E-state index in [9.17, 15) is 14.0 Å². The van der Waals surface area contributed by atoms with Gasteiger partial charge in [-0.3, -0.25) is 14.5 Å². The van der Waals surface area contributed by atoms with Crippen molar-refractivity contribution < 1.29 is 14.0 Å². The first kappa shape index (κ1) is 28.8. The number of nitrogens with zero attached hydrogens (tertiary/aromatic N) is 2. The average Bonchev–Trinajstić information content (AvgIpc) is 2.83. The highest BCUT2D eigenvalue weighted by Crippen LogP contribution is 2.27. The Balaban J connectivity index is 1.86. The maximum atomic E-state index is 13.4. The minimum absolute atomic E-state index is 0.0342. The molecule has 1 N–H and O–H groups in total. The van der Waals surface area contributed by atoms with Crippen LogP contribution >= 0.6 is 0 Å². The monoisotopic (exact) mass is 509 g/mol. The number of amides is 2. The summed E-state index contributed by atoms with van der Waals surface area (Å²) in [7, 11) is 0. The Kier molecular flexibility index (Phi) is 10.3. The average molecular weight is 510 g/mol. The van der Waals surface area contributed by atoms with Crippen molar-refractivity contribution in [2.45, 2.75) is 78.7 Å². The summed E-state index contributed by atoms with van der Waals surface area (Å²) in [5.41, 5.74) is 3.13. The van der Waals surface area contributed by atoms with Crippen LogP contribution in [0.5, 0.6) is 0 Å². The second-order valence-electron chi connectivity index (χ2n) is 11.5. The van der Waals surface area contributed by atoms with Gasteiger partial charge in [-0.05, 0) is 66.8 Å². The van der Waals surface area contributed by atoms with Gasteiger partial charge in [0.1, 0.15) is 5.82 Å². The summed E-state index contributed by atoms with van der Waals surface area (Å²) in [6.07, 6.45) is 5.66. The van der Waals surface area contributed by atoms with E-state index in [-0.39, 0.29) is 23.0 Å². The number of halogens is 1. The van der Waals surface area contributed by atoms with Crippen molar-refractivity contribution in [1.82, 2.24) is 10.2 Å². The first-order valence-electron chi connectivity index (χ1n) is 13.7. The zero-order valence-electron chi connectivity index (χ0n) is 23.3. The molecule has 37 heavy (non-hydrogen) atoms. The van der Waals surface area contributed by atoms with E-state index in [0.717, 1.165) is 49.2 Å². The standard InChI is InChI=1S/C31H44FN3O2/c1-23(2)20-34-17-9-7-6-8-10-18-35(24(3)36)29-16-11-25(19-26(29)21-34)30(37)33-22-31(4,5)27-12-14-28(32)15-13-27/h11-16,19,23H,6-10,17-18,20-22H2,1-5H3,(H,33,37). The Morgan fingerprint density at radius 3 is 2.27 bits per heavy atom. The summed E-state index contributed by atoms with van der Waals surface area (Å²) in [4.78, 5) is 30.2. The Labute approximate surface area is 222 Å². The van der Waals surface area contributed by atoms with Gasteiger partial charge in [0, 0.05) is 49.8 Å². The van der Waals surface area contributed by atoms with Crippen LogP contribution in [0.4, 0.5) is 10.1 Å². The minimum atomic E-state index is -0.348. The summed E-state index contributed by atoms with van der Waals surface area (Å²) in [5.74, 6) is 0.148. The summed E-state index contributed by atoms with van der Waals surface area (Å²) >= 11 is 0. The van der Waals surface area contributed by atoms with Gasteiger partial charge >= 0.3 is 0 Å². The Morgan fingerprint density at radius 1 is 0.973 bits per heavy atom. The molecule has 3 rings (SSSR count). The van der Waals surface area contributed by atoms with Crippen molar-refractivity contribution in [1.29, 1.82) is 0 Å². The van der Waals surface area contributed by atoms with Gasteiger partial charge in [0.25, 0.3) is 5.91 Å². The highest BCUT2D eigenvalue weighted by Gasteiger charge is 2.24. The van der Waals surface area contributed by atoms with E-state index in [1.165, 1.54) is 25.0 Å². The molecule has 0 saturated carbocycles. The lowest BCUT2D eigenvalue weighted by Crippen LogP contribution is -2.37. The molecule has 2 aromatic rings. The van der Waals surface area contributed by atoms with Crippen molar-refractivity contribution >= 4 is 17.5 Å². The minimum Gasteiger partial charge on any atom is -0.351 e. The molecule has 2 amide bonds. The maximum absolute atomic E-state index is 13.4. The normalized spacial score (nSPS) is 16.0. The van der Waals surface area contributed by atoms with Crippen molar-refractivity contribution in [3.05, 3.63) is 65.0 Å². The largest absolute Gasteiger partial charge is 0.351 e. The molecule has 0 bridgehead atoms. The lowest BCUT2D eigenvalue weighted by atomic mass is 9.84. The van der Waals surface area contributed by atoms with Crippen LogP contribution in [-0.2, 0) is 16.8 Å². The SMILES string of the molecule is CC(=O)N1CCCCCCCN(CC(C)C)Cc2cc(C(=O)NCC(C)(C)c3ccc(F)cc3)ccc21. The number of hydrogen-bond acceptors (Lipinski definition) is 3. The van der Waals surface area contributed by atoms with Crippen LogP contribution in [0.25, 0.3) is 0 Å². The molecule has 0 atom stereocenters. The molecule has 0 fully saturated rings. The van der Waals surface area contributed by atoms with Gasteiger partial charge in [-0.15, -0.1) is 0 Å². The highest BCUT2D eigenvalue weighted by molar-refractivity contribution is 5.97. The topological polar surface area (TPSA) is 52.7 Å². The molecule has 0 saturated heterocycles. The molecule has 202 valence electrons. The molecule has 6 heteroatoms. The number of benzene rings is 2. The van der Waals surface area contributed by atoms with E-state index in [1.54, 1.807) is 19.1 Å². The third kappa shape index (κ3) is 8.39. The second kappa shape index (κ2) is 13.2.